The predicted molar refractivity (Wildman–Crippen MR) is 56.5 cm³/mol. The van der Waals surface area contributed by atoms with E-state index in [1.165, 1.54) is 11.8 Å². The summed E-state index contributed by atoms with van der Waals surface area (Å²) in [4.78, 5) is 12.3. The average Bonchev–Trinajstić information content (AvgIpc) is 2.48. The molecular weight excluding hydrogens is 220 g/mol. The summed E-state index contributed by atoms with van der Waals surface area (Å²) in [5, 5.41) is 0. The molecule has 74 valence electrons. The Morgan fingerprint density at radius 1 is 1.36 bits per heavy atom. The fourth-order valence-electron chi connectivity index (χ4n) is 1.25. The van der Waals surface area contributed by atoms with E-state index >= 15 is 0 Å². The number of hydrogen-bond donors (Lipinski definition) is 0. The molecule has 0 saturated carbocycles. The maximum absolute atomic E-state index is 11.3. The van der Waals surface area contributed by atoms with Gasteiger partial charge in [-0.15, -0.1) is 0 Å². The molecule has 1 aromatic rings. The first-order chi connectivity index (χ1) is 6.71. The summed E-state index contributed by atoms with van der Waals surface area (Å²) in [6.45, 7) is 0.419. The monoisotopic (exact) mass is 228 g/mol. The molecule has 0 radical (unpaired) electrons. The number of alkyl halides is 1. The summed E-state index contributed by atoms with van der Waals surface area (Å²) in [5.41, 5.74) is 0. The zero-order chi connectivity index (χ0) is 10.0. The second-order valence-corrected chi connectivity index (χ2v) is 5.27. The number of halogens is 1. The third-order valence-corrected chi connectivity index (χ3v) is 3.76. The molecule has 1 aromatic carbocycles. The van der Waals surface area contributed by atoms with Crippen molar-refractivity contribution in [1.82, 2.24) is 0 Å². The molecule has 0 aromatic heterocycles. The molecule has 0 bridgehead atoms. The van der Waals surface area contributed by atoms with Crippen molar-refractivity contribution in [3.63, 3.8) is 0 Å². The van der Waals surface area contributed by atoms with E-state index in [4.69, 9.17) is 16.3 Å². The Morgan fingerprint density at radius 2 is 2.07 bits per heavy atom. The fraction of sp³-hybridized carbons (Fsp3) is 0.300. The molecule has 0 N–H and O–H groups in total. The van der Waals surface area contributed by atoms with Crippen molar-refractivity contribution in [1.29, 1.82) is 0 Å². The van der Waals surface area contributed by atoms with E-state index in [9.17, 15) is 4.79 Å². The molecule has 1 aliphatic rings. The summed E-state index contributed by atoms with van der Waals surface area (Å²) < 4.78 is 3.93. The fourth-order valence-corrected chi connectivity index (χ4v) is 2.65. The van der Waals surface area contributed by atoms with E-state index in [0.29, 0.717) is 13.0 Å². The van der Waals surface area contributed by atoms with Crippen LogP contribution in [-0.4, -0.2) is 16.8 Å². The van der Waals surface area contributed by atoms with Crippen molar-refractivity contribution in [3.8, 4) is 0 Å². The Labute approximate surface area is 91.6 Å². The molecular formula is C10H9ClO2S. The van der Waals surface area contributed by atoms with Crippen molar-refractivity contribution < 1.29 is 9.53 Å². The van der Waals surface area contributed by atoms with Gasteiger partial charge in [0, 0.05) is 11.3 Å². The van der Waals surface area contributed by atoms with Crippen LogP contribution in [0.3, 0.4) is 0 Å². The van der Waals surface area contributed by atoms with Gasteiger partial charge in [-0.3, -0.25) is 0 Å². The lowest BCUT2D eigenvalue weighted by Crippen LogP contribution is -2.22. The molecule has 2 rings (SSSR count). The summed E-state index contributed by atoms with van der Waals surface area (Å²) >= 11 is 7.50. The summed E-state index contributed by atoms with van der Waals surface area (Å²) in [5.74, 6) is -0.326. The summed E-state index contributed by atoms with van der Waals surface area (Å²) in [6.07, 6.45) is 0.562. The first-order valence-electron chi connectivity index (χ1n) is 4.31. The Bertz CT molecular complexity index is 341. The maximum Gasteiger partial charge on any atom is 0.338 e. The van der Waals surface area contributed by atoms with Gasteiger partial charge in [0.25, 0.3) is 0 Å². The third kappa shape index (κ3) is 1.88. The molecule has 1 heterocycles. The van der Waals surface area contributed by atoms with E-state index in [1.54, 1.807) is 0 Å². The van der Waals surface area contributed by atoms with Crippen LogP contribution < -0.4 is 0 Å². The molecule has 4 heteroatoms. The SMILES string of the molecule is O=C1OCCC1(Cl)Sc1ccccc1. The highest BCUT2D eigenvalue weighted by Gasteiger charge is 2.43. The van der Waals surface area contributed by atoms with Gasteiger partial charge in [-0.2, -0.15) is 0 Å². The largest absolute Gasteiger partial charge is 0.464 e. The first-order valence-corrected chi connectivity index (χ1v) is 5.50. The Kier molecular flexibility index (Phi) is 2.70. The van der Waals surface area contributed by atoms with Crippen LogP contribution in [0.25, 0.3) is 0 Å². The van der Waals surface area contributed by atoms with Gasteiger partial charge in [-0.1, -0.05) is 41.6 Å². The van der Waals surface area contributed by atoms with Gasteiger partial charge < -0.3 is 4.74 Å². The Hall–Kier alpha value is -0.670. The van der Waals surface area contributed by atoms with Crippen molar-refractivity contribution >= 4 is 29.3 Å². The molecule has 14 heavy (non-hydrogen) atoms. The molecule has 0 spiro atoms. The van der Waals surface area contributed by atoms with Crippen LogP contribution >= 0.6 is 23.4 Å². The summed E-state index contributed by atoms with van der Waals surface area (Å²) in [6, 6.07) is 9.63. The van der Waals surface area contributed by atoms with Crippen molar-refractivity contribution in [2.45, 2.75) is 15.5 Å². The van der Waals surface area contributed by atoms with Crippen LogP contribution in [0.15, 0.2) is 35.2 Å². The molecule has 1 atom stereocenters. The van der Waals surface area contributed by atoms with Gasteiger partial charge in [0.1, 0.15) is 0 Å². The van der Waals surface area contributed by atoms with E-state index in [0.717, 1.165) is 4.90 Å². The molecule has 0 aliphatic carbocycles. The number of ether oxygens (including phenoxy) is 1. The van der Waals surface area contributed by atoms with Gasteiger partial charge in [0.2, 0.25) is 0 Å². The van der Waals surface area contributed by atoms with Crippen molar-refractivity contribution in [2.24, 2.45) is 0 Å². The van der Waals surface area contributed by atoms with Gasteiger partial charge in [-0.05, 0) is 12.1 Å². The average molecular weight is 229 g/mol. The number of carbonyl (C=O) groups excluding carboxylic acids is 1. The van der Waals surface area contributed by atoms with Crippen LogP contribution in [-0.2, 0) is 9.53 Å². The van der Waals surface area contributed by atoms with Gasteiger partial charge in [0.05, 0.1) is 6.61 Å². The first kappa shape index (κ1) is 9.87. The lowest BCUT2D eigenvalue weighted by molar-refractivity contribution is -0.138. The smallest absolute Gasteiger partial charge is 0.338 e. The highest BCUT2D eigenvalue weighted by Crippen LogP contribution is 2.43. The minimum absolute atomic E-state index is 0.326. The van der Waals surface area contributed by atoms with Gasteiger partial charge >= 0.3 is 5.97 Å². The molecule has 1 saturated heterocycles. The zero-order valence-electron chi connectivity index (χ0n) is 7.40. The number of esters is 1. The van der Waals surface area contributed by atoms with E-state index in [-0.39, 0.29) is 5.97 Å². The molecule has 1 aliphatic heterocycles. The number of carbonyl (C=O) groups is 1. The number of cyclic esters (lactones) is 1. The standard InChI is InChI=1S/C10H9ClO2S/c11-10(6-7-13-9(10)12)14-8-4-2-1-3-5-8/h1-5H,6-7H2. The number of benzene rings is 1. The van der Waals surface area contributed by atoms with Crippen LogP contribution in [0, 0.1) is 0 Å². The lowest BCUT2D eigenvalue weighted by Gasteiger charge is -2.14. The number of hydrogen-bond acceptors (Lipinski definition) is 3. The van der Waals surface area contributed by atoms with Crippen molar-refractivity contribution in [3.05, 3.63) is 30.3 Å². The van der Waals surface area contributed by atoms with Crippen LogP contribution in [0.5, 0.6) is 0 Å². The zero-order valence-corrected chi connectivity index (χ0v) is 8.98. The predicted octanol–water partition coefficient (Wildman–Crippen LogP) is 2.66. The quantitative estimate of drug-likeness (QED) is 0.575. The summed E-state index contributed by atoms with van der Waals surface area (Å²) in [7, 11) is 0. The molecule has 1 unspecified atom stereocenters. The highest BCUT2D eigenvalue weighted by atomic mass is 35.5. The van der Waals surface area contributed by atoms with Gasteiger partial charge in [-0.25, -0.2) is 4.79 Å². The number of rotatable bonds is 2. The topological polar surface area (TPSA) is 26.3 Å². The minimum Gasteiger partial charge on any atom is -0.464 e. The molecule has 1 fully saturated rings. The van der Waals surface area contributed by atoms with Crippen molar-refractivity contribution in [2.75, 3.05) is 6.61 Å². The second-order valence-electron chi connectivity index (χ2n) is 3.03. The minimum atomic E-state index is -0.915. The van der Waals surface area contributed by atoms with Gasteiger partial charge in [0.15, 0.2) is 4.21 Å². The third-order valence-electron chi connectivity index (χ3n) is 1.98. The van der Waals surface area contributed by atoms with Crippen LogP contribution in [0.2, 0.25) is 0 Å². The maximum atomic E-state index is 11.3. The van der Waals surface area contributed by atoms with Crippen LogP contribution in [0.1, 0.15) is 6.42 Å². The normalized spacial score (nSPS) is 26.2. The highest BCUT2D eigenvalue weighted by molar-refractivity contribution is 8.02. The van der Waals surface area contributed by atoms with E-state index < -0.39 is 4.21 Å². The Morgan fingerprint density at radius 3 is 2.64 bits per heavy atom. The Balaban J connectivity index is 2.14. The lowest BCUT2D eigenvalue weighted by atomic mass is 10.3. The van der Waals surface area contributed by atoms with E-state index in [2.05, 4.69) is 0 Å². The second kappa shape index (κ2) is 3.83. The van der Waals surface area contributed by atoms with Crippen LogP contribution in [0.4, 0.5) is 0 Å². The number of thioether (sulfide) groups is 1. The molecule has 2 nitrogen and oxygen atoms in total. The van der Waals surface area contributed by atoms with E-state index in [1.807, 2.05) is 30.3 Å². The molecule has 0 amide bonds.